The highest BCUT2D eigenvalue weighted by Gasteiger charge is 2.39. The van der Waals surface area contributed by atoms with Gasteiger partial charge in [0, 0.05) is 20.0 Å². The summed E-state index contributed by atoms with van der Waals surface area (Å²) < 4.78 is 17.7. The van der Waals surface area contributed by atoms with Crippen molar-refractivity contribution >= 4 is 0 Å². The Morgan fingerprint density at radius 1 is 1.05 bits per heavy atom. The zero-order chi connectivity index (χ0) is 15.2. The molecule has 20 heavy (non-hydrogen) atoms. The minimum absolute atomic E-state index is 0.0262. The average molecular weight is 286 g/mol. The molecule has 1 fully saturated rings. The summed E-state index contributed by atoms with van der Waals surface area (Å²) in [5.41, 5.74) is -0.0652. The Balaban J connectivity index is 2.62. The highest BCUT2D eigenvalue weighted by atomic mass is 16.6. The molecule has 2 unspecified atom stereocenters. The van der Waals surface area contributed by atoms with Gasteiger partial charge in [-0.1, -0.05) is 27.7 Å². The molecule has 3 heteroatoms. The van der Waals surface area contributed by atoms with Gasteiger partial charge in [-0.2, -0.15) is 0 Å². The maximum Gasteiger partial charge on any atom is 0.0837 e. The van der Waals surface area contributed by atoms with Gasteiger partial charge in [-0.25, -0.2) is 0 Å². The average Bonchev–Trinajstić information content (AvgIpc) is 3.28. The second kappa shape index (κ2) is 7.77. The van der Waals surface area contributed by atoms with Crippen LogP contribution >= 0.6 is 0 Å². The van der Waals surface area contributed by atoms with Crippen LogP contribution in [0.4, 0.5) is 0 Å². The lowest BCUT2D eigenvalue weighted by atomic mass is 9.88. The summed E-state index contributed by atoms with van der Waals surface area (Å²) in [5, 5.41) is 0. The zero-order valence-electron chi connectivity index (χ0n) is 14.3. The SMILES string of the molecule is CCC(CC)(CC(C)OC(CC)(CC)CC1CO1)OC. The van der Waals surface area contributed by atoms with Crippen LogP contribution in [0.5, 0.6) is 0 Å². The first-order chi connectivity index (χ1) is 9.48. The zero-order valence-corrected chi connectivity index (χ0v) is 14.3. The van der Waals surface area contributed by atoms with Gasteiger partial charge in [-0.05, 0) is 32.6 Å². The molecule has 3 nitrogen and oxygen atoms in total. The van der Waals surface area contributed by atoms with E-state index in [1.165, 1.54) is 0 Å². The van der Waals surface area contributed by atoms with Gasteiger partial charge < -0.3 is 14.2 Å². The van der Waals surface area contributed by atoms with Crippen LogP contribution in [-0.2, 0) is 14.2 Å². The van der Waals surface area contributed by atoms with E-state index in [1.807, 2.05) is 7.11 Å². The molecule has 0 aliphatic carbocycles. The molecule has 0 aromatic rings. The second-order valence-corrected chi connectivity index (χ2v) is 6.28. The van der Waals surface area contributed by atoms with Gasteiger partial charge in [-0.3, -0.25) is 0 Å². The molecular weight excluding hydrogens is 252 g/mol. The molecule has 1 aliphatic rings. The summed E-state index contributed by atoms with van der Waals surface area (Å²) in [5.74, 6) is 0. The maximum atomic E-state index is 6.49. The lowest BCUT2D eigenvalue weighted by Crippen LogP contribution is -2.41. The molecule has 0 amide bonds. The molecule has 0 aromatic heterocycles. The van der Waals surface area contributed by atoms with E-state index < -0.39 is 0 Å². The van der Waals surface area contributed by atoms with Crippen molar-refractivity contribution in [3.05, 3.63) is 0 Å². The van der Waals surface area contributed by atoms with Gasteiger partial charge in [0.15, 0.2) is 0 Å². The Labute approximate surface area is 125 Å². The first-order valence-electron chi connectivity index (χ1n) is 8.33. The highest BCUT2D eigenvalue weighted by Crippen LogP contribution is 2.35. The smallest absolute Gasteiger partial charge is 0.0837 e. The maximum absolute atomic E-state index is 6.49. The fraction of sp³-hybridized carbons (Fsp3) is 1.00. The van der Waals surface area contributed by atoms with E-state index >= 15 is 0 Å². The van der Waals surface area contributed by atoms with Crippen molar-refractivity contribution in [1.29, 1.82) is 0 Å². The topological polar surface area (TPSA) is 31.0 Å². The van der Waals surface area contributed by atoms with Gasteiger partial charge >= 0.3 is 0 Å². The van der Waals surface area contributed by atoms with Crippen molar-refractivity contribution in [1.82, 2.24) is 0 Å². The molecule has 0 spiro atoms. The Bertz CT molecular complexity index is 257. The van der Waals surface area contributed by atoms with Crippen LogP contribution in [0, 0.1) is 0 Å². The molecule has 0 aromatic carbocycles. The molecular formula is C17H34O3. The van der Waals surface area contributed by atoms with E-state index in [2.05, 4.69) is 34.6 Å². The van der Waals surface area contributed by atoms with Gasteiger partial charge in [0.2, 0.25) is 0 Å². The third-order valence-electron chi connectivity index (χ3n) is 5.12. The summed E-state index contributed by atoms with van der Waals surface area (Å²) in [6.45, 7) is 11.9. The van der Waals surface area contributed by atoms with Gasteiger partial charge in [0.05, 0.1) is 30.0 Å². The summed E-state index contributed by atoms with van der Waals surface area (Å²) in [4.78, 5) is 0. The third-order valence-corrected chi connectivity index (χ3v) is 5.12. The molecule has 0 saturated carbocycles. The summed E-state index contributed by atoms with van der Waals surface area (Å²) in [6.07, 6.45) is 6.79. The standard InChI is InChI=1S/C17H34O3/c1-7-16(8-2,18-6)11-14(5)20-17(9-3,10-4)12-15-13-19-15/h14-15H,7-13H2,1-6H3. The second-order valence-electron chi connectivity index (χ2n) is 6.28. The molecule has 1 heterocycles. The highest BCUT2D eigenvalue weighted by molar-refractivity contribution is 4.88. The number of ether oxygens (including phenoxy) is 3. The van der Waals surface area contributed by atoms with Crippen LogP contribution in [0.2, 0.25) is 0 Å². The summed E-state index contributed by atoms with van der Waals surface area (Å²) in [7, 11) is 1.82. The lowest BCUT2D eigenvalue weighted by molar-refractivity contribution is -0.133. The van der Waals surface area contributed by atoms with Gasteiger partial charge in [0.25, 0.3) is 0 Å². The fourth-order valence-electron chi connectivity index (χ4n) is 3.26. The molecule has 1 rings (SSSR count). The van der Waals surface area contributed by atoms with E-state index in [0.29, 0.717) is 6.10 Å². The van der Waals surface area contributed by atoms with Crippen molar-refractivity contribution in [3.8, 4) is 0 Å². The Kier molecular flexibility index (Phi) is 6.96. The van der Waals surface area contributed by atoms with Crippen LogP contribution in [0.15, 0.2) is 0 Å². The minimum atomic E-state index is -0.0390. The van der Waals surface area contributed by atoms with Gasteiger partial charge in [0.1, 0.15) is 0 Å². The van der Waals surface area contributed by atoms with E-state index in [1.54, 1.807) is 0 Å². The Morgan fingerprint density at radius 2 is 1.55 bits per heavy atom. The molecule has 0 bridgehead atoms. The van der Waals surface area contributed by atoms with E-state index in [9.17, 15) is 0 Å². The summed E-state index contributed by atoms with van der Waals surface area (Å²) >= 11 is 0. The van der Waals surface area contributed by atoms with Crippen LogP contribution in [-0.4, -0.2) is 37.1 Å². The van der Waals surface area contributed by atoms with Crippen molar-refractivity contribution in [3.63, 3.8) is 0 Å². The van der Waals surface area contributed by atoms with Crippen molar-refractivity contribution in [2.75, 3.05) is 13.7 Å². The fourth-order valence-corrected chi connectivity index (χ4v) is 3.26. The van der Waals surface area contributed by atoms with Crippen molar-refractivity contribution < 1.29 is 14.2 Å². The normalized spacial score (nSPS) is 21.0. The molecule has 0 radical (unpaired) electrons. The lowest BCUT2D eigenvalue weighted by Gasteiger charge is -2.39. The predicted octanol–water partition coefficient (Wildman–Crippen LogP) is 4.33. The number of hydrogen-bond acceptors (Lipinski definition) is 3. The van der Waals surface area contributed by atoms with Crippen molar-refractivity contribution in [2.45, 2.75) is 96.6 Å². The predicted molar refractivity (Wildman–Crippen MR) is 83.2 cm³/mol. The number of hydrogen-bond donors (Lipinski definition) is 0. The number of rotatable bonds is 11. The van der Waals surface area contributed by atoms with Crippen LogP contribution in [0.1, 0.15) is 73.1 Å². The third kappa shape index (κ3) is 4.71. The van der Waals surface area contributed by atoms with Crippen LogP contribution in [0.25, 0.3) is 0 Å². The minimum Gasteiger partial charge on any atom is -0.378 e. The quantitative estimate of drug-likeness (QED) is 0.530. The monoisotopic (exact) mass is 286 g/mol. The largest absolute Gasteiger partial charge is 0.378 e. The van der Waals surface area contributed by atoms with Gasteiger partial charge in [-0.15, -0.1) is 0 Å². The van der Waals surface area contributed by atoms with E-state index in [0.717, 1.165) is 45.1 Å². The molecule has 1 saturated heterocycles. The van der Waals surface area contributed by atoms with Crippen LogP contribution in [0.3, 0.4) is 0 Å². The van der Waals surface area contributed by atoms with E-state index in [-0.39, 0.29) is 17.3 Å². The number of epoxide rings is 1. The molecule has 1 aliphatic heterocycles. The van der Waals surface area contributed by atoms with Crippen molar-refractivity contribution in [2.24, 2.45) is 0 Å². The first-order valence-corrected chi connectivity index (χ1v) is 8.33. The van der Waals surface area contributed by atoms with Crippen LogP contribution < -0.4 is 0 Å². The van der Waals surface area contributed by atoms with E-state index in [4.69, 9.17) is 14.2 Å². The Morgan fingerprint density at radius 3 is 1.90 bits per heavy atom. The number of methoxy groups -OCH3 is 1. The molecule has 0 N–H and O–H groups in total. The Hall–Kier alpha value is -0.120. The molecule has 2 atom stereocenters. The summed E-state index contributed by atoms with van der Waals surface area (Å²) in [6, 6.07) is 0. The first kappa shape index (κ1) is 17.9. The molecule has 120 valence electrons.